The highest BCUT2D eigenvalue weighted by Gasteiger charge is 2.08. The molecule has 0 aliphatic rings. The average molecular weight is 399 g/mol. The lowest BCUT2D eigenvalue weighted by molar-refractivity contribution is -0.704. The predicted octanol–water partition coefficient (Wildman–Crippen LogP) is 2.88. The Bertz CT molecular complexity index is 445. The maximum absolute atomic E-state index is 9.04. The van der Waals surface area contributed by atoms with E-state index < -0.39 is 0 Å². The zero-order chi connectivity index (χ0) is 18.7. The Kier molecular flexibility index (Phi) is 19.4. The number of nitrogens with zero attached hydrogens (tertiary/aromatic N) is 1. The van der Waals surface area contributed by atoms with Crippen LogP contribution >= 0.6 is 0 Å². The van der Waals surface area contributed by atoms with Crippen LogP contribution in [0.1, 0.15) is 103 Å². The number of aromatic nitrogens is 2. The third kappa shape index (κ3) is 14.9. The second-order valence-corrected chi connectivity index (χ2v) is 7.51. The van der Waals surface area contributed by atoms with Crippen molar-refractivity contribution in [2.24, 2.45) is 0 Å². The summed E-state index contributed by atoms with van der Waals surface area (Å²) < 4.78 is 2.12. The van der Waals surface area contributed by atoms with E-state index in [-0.39, 0.29) is 19.0 Å². The van der Waals surface area contributed by atoms with Gasteiger partial charge in [0.2, 0.25) is 0 Å². The molecule has 1 aromatic heterocycles. The number of aromatic amines is 1. The van der Waals surface area contributed by atoms with E-state index in [9.17, 15) is 0 Å². The summed E-state index contributed by atoms with van der Waals surface area (Å²) in [5, 5.41) is 9.04. The highest BCUT2D eigenvalue weighted by Crippen LogP contribution is 2.10. The fraction of sp³-hybridized carbons (Fsp3) is 0.783. The number of nitrogens with one attached hydrogen (secondary N) is 1. The van der Waals surface area contributed by atoms with Gasteiger partial charge in [0, 0.05) is 6.42 Å². The molecule has 0 aromatic carbocycles. The quantitative estimate of drug-likeness (QED) is 0.223. The maximum atomic E-state index is 9.04. The first-order valence-electron chi connectivity index (χ1n) is 11.2. The van der Waals surface area contributed by atoms with Gasteiger partial charge in [0.05, 0.1) is 6.61 Å². The van der Waals surface area contributed by atoms with Crippen LogP contribution < -0.4 is 17.0 Å². The molecule has 0 radical (unpaired) electrons. The molecule has 1 rings (SSSR count). The van der Waals surface area contributed by atoms with Gasteiger partial charge >= 0.3 is 0 Å². The van der Waals surface area contributed by atoms with Crippen LogP contribution in [-0.2, 0) is 13.0 Å². The van der Waals surface area contributed by atoms with Crippen LogP contribution in [0, 0.1) is 0 Å². The van der Waals surface area contributed by atoms with Crippen molar-refractivity contribution in [1.82, 2.24) is 4.98 Å². The Hall–Kier alpha value is -0.800. The third-order valence-corrected chi connectivity index (χ3v) is 5.12. The number of hydrogen-bond acceptors (Lipinski definition) is 1. The number of rotatable bonds is 18. The van der Waals surface area contributed by atoms with Gasteiger partial charge in [-0.2, -0.15) is 0 Å². The molecule has 0 spiro atoms. The molecule has 0 saturated heterocycles. The van der Waals surface area contributed by atoms with E-state index in [1.165, 1.54) is 95.7 Å². The van der Waals surface area contributed by atoms with E-state index in [1.54, 1.807) is 0 Å². The van der Waals surface area contributed by atoms with Crippen LogP contribution in [0.4, 0.5) is 0 Å². The number of aliphatic hydroxyl groups excluding tert-OH is 1. The van der Waals surface area contributed by atoms with Crippen molar-refractivity contribution in [2.75, 3.05) is 6.61 Å². The van der Waals surface area contributed by atoms with Crippen molar-refractivity contribution in [2.45, 2.75) is 110 Å². The molecule has 4 heteroatoms. The van der Waals surface area contributed by atoms with Crippen molar-refractivity contribution >= 4 is 0 Å². The number of imidazole rings is 1. The van der Waals surface area contributed by atoms with Crippen molar-refractivity contribution in [3.8, 4) is 0 Å². The standard InChI is InChI=1S/C23H42N2O.ClH/c1-2-3-4-5-6-7-8-9-10-11-12-13-14-15-16-17-18-23-24-19-20-25(23)21-22-26;/h9-10,19-20,26H,2-8,11-18,21-22H2,1H3;1H/b10-9-;. The molecule has 158 valence electrons. The summed E-state index contributed by atoms with van der Waals surface area (Å²) in [4.78, 5) is 3.29. The van der Waals surface area contributed by atoms with Crippen molar-refractivity contribution in [1.29, 1.82) is 0 Å². The lowest BCUT2D eigenvalue weighted by Gasteiger charge is -2.01. The lowest BCUT2D eigenvalue weighted by Crippen LogP contribution is -3.00. The molecule has 0 fully saturated rings. The summed E-state index contributed by atoms with van der Waals surface area (Å²) in [5.74, 6) is 1.24. The lowest BCUT2D eigenvalue weighted by atomic mass is 10.1. The van der Waals surface area contributed by atoms with Crippen molar-refractivity contribution in [3.05, 3.63) is 30.4 Å². The van der Waals surface area contributed by atoms with Gasteiger partial charge < -0.3 is 17.5 Å². The number of aliphatic hydroxyl groups is 1. The largest absolute Gasteiger partial charge is 1.00 e. The molecule has 0 unspecified atom stereocenters. The van der Waals surface area contributed by atoms with Gasteiger partial charge in [0.1, 0.15) is 18.9 Å². The summed E-state index contributed by atoms with van der Waals surface area (Å²) in [6.45, 7) is 3.19. The second kappa shape index (κ2) is 19.9. The van der Waals surface area contributed by atoms with Gasteiger partial charge in [-0.25, -0.2) is 9.55 Å². The van der Waals surface area contributed by atoms with E-state index in [4.69, 9.17) is 5.11 Å². The normalized spacial score (nSPS) is 11.2. The Morgan fingerprint density at radius 2 is 1.41 bits per heavy atom. The molecule has 1 heterocycles. The Labute approximate surface area is 174 Å². The summed E-state index contributed by atoms with van der Waals surface area (Å²) in [6.07, 6.45) is 28.8. The zero-order valence-electron chi connectivity index (χ0n) is 17.6. The van der Waals surface area contributed by atoms with E-state index in [0.29, 0.717) is 6.54 Å². The molecule has 0 aliphatic carbocycles. The van der Waals surface area contributed by atoms with Crippen molar-refractivity contribution < 1.29 is 22.1 Å². The van der Waals surface area contributed by atoms with Crippen LogP contribution in [-0.4, -0.2) is 16.7 Å². The molecule has 1 aromatic rings. The van der Waals surface area contributed by atoms with Gasteiger partial charge in [-0.05, 0) is 32.1 Å². The highest BCUT2D eigenvalue weighted by atomic mass is 35.5. The van der Waals surface area contributed by atoms with Gasteiger partial charge in [0.15, 0.2) is 0 Å². The number of H-pyrrole nitrogens is 1. The number of allylic oxidation sites excluding steroid dienone is 2. The van der Waals surface area contributed by atoms with E-state index >= 15 is 0 Å². The molecule has 0 aliphatic heterocycles. The first-order chi connectivity index (χ1) is 12.9. The van der Waals surface area contributed by atoms with E-state index in [0.717, 1.165) is 6.42 Å². The smallest absolute Gasteiger partial charge is 0.254 e. The summed E-state index contributed by atoms with van der Waals surface area (Å²) in [5.41, 5.74) is 0. The van der Waals surface area contributed by atoms with Crippen LogP contribution in [0.5, 0.6) is 0 Å². The molecule has 27 heavy (non-hydrogen) atoms. The molecular formula is C23H43ClN2O. The minimum Gasteiger partial charge on any atom is -1.00 e. The minimum absolute atomic E-state index is 0. The van der Waals surface area contributed by atoms with E-state index in [2.05, 4.69) is 28.6 Å². The van der Waals surface area contributed by atoms with Crippen LogP contribution in [0.25, 0.3) is 0 Å². The maximum Gasteiger partial charge on any atom is 0.254 e. The van der Waals surface area contributed by atoms with Crippen LogP contribution in [0.3, 0.4) is 0 Å². The fourth-order valence-corrected chi connectivity index (χ4v) is 3.47. The minimum atomic E-state index is 0. The Morgan fingerprint density at radius 1 is 0.852 bits per heavy atom. The Morgan fingerprint density at radius 3 is 2.00 bits per heavy atom. The average Bonchev–Trinajstić information content (AvgIpc) is 3.09. The summed E-state index contributed by atoms with van der Waals surface area (Å²) in [6, 6.07) is 0. The summed E-state index contributed by atoms with van der Waals surface area (Å²) >= 11 is 0. The topological polar surface area (TPSA) is 39.9 Å². The number of aryl methyl sites for hydroxylation is 1. The number of unbranched alkanes of at least 4 members (excludes halogenated alkanes) is 12. The number of hydrogen-bond donors (Lipinski definition) is 2. The van der Waals surface area contributed by atoms with E-state index in [1.807, 2.05) is 12.4 Å². The molecule has 0 bridgehead atoms. The molecule has 0 atom stereocenters. The zero-order valence-corrected chi connectivity index (χ0v) is 18.4. The highest BCUT2D eigenvalue weighted by molar-refractivity contribution is 4.81. The first-order valence-corrected chi connectivity index (χ1v) is 11.2. The third-order valence-electron chi connectivity index (χ3n) is 5.12. The monoisotopic (exact) mass is 398 g/mol. The second-order valence-electron chi connectivity index (χ2n) is 7.51. The molecule has 0 saturated carbocycles. The van der Waals surface area contributed by atoms with Gasteiger partial charge in [0.25, 0.3) is 5.82 Å². The predicted molar refractivity (Wildman–Crippen MR) is 111 cm³/mol. The molecular weight excluding hydrogens is 356 g/mol. The Balaban J connectivity index is 0.00000676. The molecule has 0 amide bonds. The van der Waals surface area contributed by atoms with Gasteiger partial charge in [-0.1, -0.05) is 76.9 Å². The van der Waals surface area contributed by atoms with Gasteiger partial charge in [-0.15, -0.1) is 0 Å². The molecule has 3 nitrogen and oxygen atoms in total. The van der Waals surface area contributed by atoms with Crippen LogP contribution in [0.15, 0.2) is 24.5 Å². The number of halogens is 1. The van der Waals surface area contributed by atoms with Crippen LogP contribution in [0.2, 0.25) is 0 Å². The van der Waals surface area contributed by atoms with Crippen molar-refractivity contribution in [3.63, 3.8) is 0 Å². The fourth-order valence-electron chi connectivity index (χ4n) is 3.47. The SMILES string of the molecule is CCCCCCCC/C=C\CCCCCCCCc1[nH]cc[n+]1CCO.[Cl-]. The first kappa shape index (κ1) is 26.2. The van der Waals surface area contributed by atoms with Gasteiger partial charge in [-0.3, -0.25) is 0 Å². The molecule has 2 N–H and O–H groups in total. The summed E-state index contributed by atoms with van der Waals surface area (Å²) in [7, 11) is 0.